The van der Waals surface area contributed by atoms with Crippen LogP contribution in [0.3, 0.4) is 0 Å². The highest BCUT2D eigenvalue weighted by Crippen LogP contribution is 2.41. The molecule has 6 rings (SSSR count). The Labute approximate surface area is 252 Å². The average Bonchev–Trinajstić information content (AvgIpc) is 3.50. The zero-order valence-electron chi connectivity index (χ0n) is 23.9. The zero-order chi connectivity index (χ0) is 30.2. The molecule has 0 saturated carbocycles. The van der Waals surface area contributed by atoms with Crippen molar-refractivity contribution < 1.29 is 15.0 Å². The highest BCUT2D eigenvalue weighted by molar-refractivity contribution is 7.22. The van der Waals surface area contributed by atoms with Crippen LogP contribution in [0.25, 0.3) is 54.3 Å². The summed E-state index contributed by atoms with van der Waals surface area (Å²) in [6.07, 6.45) is 3.56. The number of aliphatic carboxylic acids is 1. The number of carbonyl (C=O) groups is 1. The predicted molar refractivity (Wildman–Crippen MR) is 169 cm³/mol. The Kier molecular flexibility index (Phi) is 8.10. The Hall–Kier alpha value is -4.18. The van der Waals surface area contributed by atoms with Crippen molar-refractivity contribution in [3.63, 3.8) is 0 Å². The van der Waals surface area contributed by atoms with Crippen LogP contribution in [0.15, 0.2) is 67.0 Å². The number of aryl methyl sites for hydroxylation is 2. The van der Waals surface area contributed by atoms with Crippen LogP contribution in [0.2, 0.25) is 5.02 Å². The maximum absolute atomic E-state index is 11.7. The van der Waals surface area contributed by atoms with E-state index in [2.05, 4.69) is 10.1 Å². The van der Waals surface area contributed by atoms with Gasteiger partial charge in [0.2, 0.25) is 0 Å². The Morgan fingerprint density at radius 3 is 2.36 bits per heavy atom. The van der Waals surface area contributed by atoms with E-state index in [0.717, 1.165) is 65.5 Å². The van der Waals surface area contributed by atoms with Crippen LogP contribution < -0.4 is 0 Å². The van der Waals surface area contributed by atoms with Gasteiger partial charge in [-0.15, -0.1) is 11.3 Å². The minimum atomic E-state index is -0.876. The Bertz CT molecular complexity index is 1920. The topological polar surface area (TPSA) is 114 Å². The third-order valence-corrected chi connectivity index (χ3v) is 7.61. The number of pyridine rings is 2. The molecular weight excluding hydrogens is 570 g/mol. The lowest BCUT2D eigenvalue weighted by Crippen LogP contribution is -2.10. The molecule has 0 aliphatic carbocycles. The van der Waals surface area contributed by atoms with E-state index in [0.29, 0.717) is 5.02 Å². The van der Waals surface area contributed by atoms with Crippen LogP contribution in [-0.2, 0) is 18.3 Å². The SMILES string of the molecule is CC(C)(C)O.Cc1cc2nc(-c3ccnc(-c4ccc5nn(C)cc5n4)c3)sc2c(-c2ccc(Cl)cc2)c1CC(=O)O. The summed E-state index contributed by atoms with van der Waals surface area (Å²) in [5.74, 6) is -0.876. The maximum Gasteiger partial charge on any atom is 0.307 e. The van der Waals surface area contributed by atoms with Crippen molar-refractivity contribution in [2.75, 3.05) is 0 Å². The molecule has 0 spiro atoms. The summed E-state index contributed by atoms with van der Waals surface area (Å²) >= 11 is 7.67. The number of nitrogens with zero attached hydrogens (tertiary/aromatic N) is 5. The van der Waals surface area contributed by atoms with Gasteiger partial charge in [-0.25, -0.2) is 9.97 Å². The fourth-order valence-electron chi connectivity index (χ4n) is 4.53. The normalized spacial score (nSPS) is 11.5. The highest BCUT2D eigenvalue weighted by Gasteiger charge is 2.20. The van der Waals surface area contributed by atoms with Gasteiger partial charge < -0.3 is 10.2 Å². The molecule has 0 unspecified atom stereocenters. The lowest BCUT2D eigenvalue weighted by Gasteiger charge is -2.13. The van der Waals surface area contributed by atoms with Gasteiger partial charge in [0, 0.05) is 29.4 Å². The summed E-state index contributed by atoms with van der Waals surface area (Å²) in [6.45, 7) is 7.16. The van der Waals surface area contributed by atoms with Crippen LogP contribution in [0.1, 0.15) is 31.9 Å². The van der Waals surface area contributed by atoms with Crippen LogP contribution in [0.4, 0.5) is 0 Å². The molecule has 10 heteroatoms. The number of fused-ring (bicyclic) bond motifs is 2. The monoisotopic (exact) mass is 599 g/mol. The Morgan fingerprint density at radius 1 is 0.952 bits per heavy atom. The number of aliphatic hydroxyl groups is 1. The van der Waals surface area contributed by atoms with Gasteiger partial charge in [0.15, 0.2) is 0 Å². The van der Waals surface area contributed by atoms with Crippen LogP contribution in [0.5, 0.6) is 0 Å². The molecule has 0 atom stereocenters. The van der Waals surface area contributed by atoms with Gasteiger partial charge in [-0.1, -0.05) is 23.7 Å². The maximum atomic E-state index is 11.7. The first-order valence-electron chi connectivity index (χ1n) is 13.3. The number of aromatic nitrogens is 5. The molecule has 4 heterocycles. The van der Waals surface area contributed by atoms with E-state index in [1.165, 1.54) is 11.3 Å². The number of carboxylic acids is 1. The highest BCUT2D eigenvalue weighted by atomic mass is 35.5. The first-order valence-corrected chi connectivity index (χ1v) is 14.5. The van der Waals surface area contributed by atoms with E-state index in [9.17, 15) is 9.90 Å². The summed E-state index contributed by atoms with van der Waals surface area (Å²) in [4.78, 5) is 25.9. The summed E-state index contributed by atoms with van der Waals surface area (Å²) in [5, 5.41) is 24.0. The minimum Gasteiger partial charge on any atom is -0.481 e. The van der Waals surface area contributed by atoms with Gasteiger partial charge in [-0.3, -0.25) is 14.5 Å². The quantitative estimate of drug-likeness (QED) is 0.213. The van der Waals surface area contributed by atoms with E-state index in [1.807, 2.05) is 74.8 Å². The molecule has 0 aliphatic heterocycles. The number of carboxylic acid groups (broad SMARTS) is 1. The van der Waals surface area contributed by atoms with Crippen molar-refractivity contribution in [2.45, 2.75) is 39.7 Å². The van der Waals surface area contributed by atoms with E-state index in [-0.39, 0.29) is 6.42 Å². The molecule has 0 amide bonds. The van der Waals surface area contributed by atoms with Gasteiger partial charge in [-0.05, 0) is 86.8 Å². The van der Waals surface area contributed by atoms with Crippen molar-refractivity contribution in [3.8, 4) is 33.1 Å². The second-order valence-corrected chi connectivity index (χ2v) is 12.4. The van der Waals surface area contributed by atoms with Gasteiger partial charge in [0.1, 0.15) is 16.0 Å². The van der Waals surface area contributed by atoms with Gasteiger partial charge in [0.25, 0.3) is 0 Å². The van der Waals surface area contributed by atoms with Crippen molar-refractivity contribution in [2.24, 2.45) is 7.05 Å². The van der Waals surface area contributed by atoms with Crippen molar-refractivity contribution in [1.29, 1.82) is 0 Å². The molecule has 42 heavy (non-hydrogen) atoms. The van der Waals surface area contributed by atoms with E-state index in [1.54, 1.807) is 31.6 Å². The number of benzene rings is 2. The van der Waals surface area contributed by atoms with Gasteiger partial charge in [-0.2, -0.15) is 5.10 Å². The lowest BCUT2D eigenvalue weighted by molar-refractivity contribution is -0.136. The number of rotatable bonds is 5. The van der Waals surface area contributed by atoms with Crippen LogP contribution >= 0.6 is 22.9 Å². The molecule has 6 aromatic rings. The summed E-state index contributed by atoms with van der Waals surface area (Å²) in [6, 6.07) is 17.2. The number of hydrogen-bond acceptors (Lipinski definition) is 7. The van der Waals surface area contributed by atoms with E-state index < -0.39 is 11.6 Å². The van der Waals surface area contributed by atoms with Crippen molar-refractivity contribution >= 4 is 50.2 Å². The summed E-state index contributed by atoms with van der Waals surface area (Å²) < 4.78 is 2.68. The lowest BCUT2D eigenvalue weighted by atomic mass is 9.93. The second kappa shape index (κ2) is 11.6. The molecule has 8 nitrogen and oxygen atoms in total. The molecule has 0 saturated heterocycles. The van der Waals surface area contributed by atoms with Crippen molar-refractivity contribution in [3.05, 3.63) is 83.1 Å². The molecule has 0 radical (unpaired) electrons. The molecule has 0 fully saturated rings. The van der Waals surface area contributed by atoms with Gasteiger partial charge in [0.05, 0.1) is 39.8 Å². The number of hydrogen-bond donors (Lipinski definition) is 2. The molecular formula is C32H30ClN5O3S. The third-order valence-electron chi connectivity index (χ3n) is 6.22. The molecule has 214 valence electrons. The standard InChI is InChI=1S/C28H20ClN5O2S.C4H10O/c1-15-11-23-27(26(19(15)13-25(35)36)16-3-5-18(29)6-4-16)37-28(32-23)17-9-10-30-22(12-17)20-7-8-21-24(31-20)14-34(2)33-21;1-4(2,3)5/h3-12,14H,13H2,1-2H3,(H,35,36);5H,1-3H3. The van der Waals surface area contributed by atoms with E-state index >= 15 is 0 Å². The zero-order valence-corrected chi connectivity index (χ0v) is 25.5. The summed E-state index contributed by atoms with van der Waals surface area (Å²) in [5.41, 5.74) is 7.83. The molecule has 0 aliphatic rings. The molecule has 0 bridgehead atoms. The number of thiazole rings is 1. The fourth-order valence-corrected chi connectivity index (χ4v) is 5.79. The first kappa shape index (κ1) is 29.3. The molecule has 2 N–H and O–H groups in total. The van der Waals surface area contributed by atoms with Crippen LogP contribution in [0, 0.1) is 6.92 Å². The first-order chi connectivity index (χ1) is 19.9. The third kappa shape index (κ3) is 6.65. The smallest absolute Gasteiger partial charge is 0.307 e. The van der Waals surface area contributed by atoms with Crippen LogP contribution in [-0.4, -0.2) is 46.5 Å². The largest absolute Gasteiger partial charge is 0.481 e. The van der Waals surface area contributed by atoms with Crippen molar-refractivity contribution in [1.82, 2.24) is 24.7 Å². The second-order valence-electron chi connectivity index (χ2n) is 11.0. The minimum absolute atomic E-state index is 0.0745. The molecule has 4 aromatic heterocycles. The average molecular weight is 600 g/mol. The Balaban J connectivity index is 0.000000652. The predicted octanol–water partition coefficient (Wildman–Crippen LogP) is 7.34. The fraction of sp³-hybridized carbons (Fsp3) is 0.219. The number of halogens is 1. The van der Waals surface area contributed by atoms with Gasteiger partial charge >= 0.3 is 5.97 Å². The molecule has 2 aromatic carbocycles. The Morgan fingerprint density at radius 2 is 1.67 bits per heavy atom. The van der Waals surface area contributed by atoms with E-state index in [4.69, 9.17) is 26.7 Å². The summed E-state index contributed by atoms with van der Waals surface area (Å²) in [7, 11) is 1.87.